The van der Waals surface area contributed by atoms with Gasteiger partial charge < -0.3 is 15.0 Å². The predicted molar refractivity (Wildman–Crippen MR) is 149 cm³/mol. The molecule has 3 aromatic rings. The topological polar surface area (TPSA) is 96.0 Å². The van der Waals surface area contributed by atoms with Crippen LogP contribution in [0.1, 0.15) is 30.0 Å². The second-order valence-electron chi connectivity index (χ2n) is 9.07. The maximum absolute atomic E-state index is 13.9. The normalized spacial score (nSPS) is 11.9. The van der Waals surface area contributed by atoms with Crippen LogP contribution in [0.5, 0.6) is 5.75 Å². The number of rotatable bonds is 11. The van der Waals surface area contributed by atoms with Crippen molar-refractivity contribution < 1.29 is 22.7 Å². The maximum atomic E-state index is 13.9. The van der Waals surface area contributed by atoms with E-state index in [1.165, 1.54) is 31.2 Å². The Balaban J connectivity index is 2.06. The zero-order chi connectivity index (χ0) is 27.9. The molecule has 1 N–H and O–H groups in total. The Morgan fingerprint density at radius 1 is 0.947 bits per heavy atom. The van der Waals surface area contributed by atoms with Gasteiger partial charge in [-0.1, -0.05) is 54.4 Å². The van der Waals surface area contributed by atoms with Crippen molar-refractivity contribution in [3.8, 4) is 5.75 Å². The van der Waals surface area contributed by atoms with Crippen LogP contribution in [0.15, 0.2) is 77.7 Å². The number of aryl methyl sites for hydroxylation is 2. The molecule has 0 radical (unpaired) electrons. The Labute approximate surface area is 225 Å². The molecule has 3 rings (SSSR count). The van der Waals surface area contributed by atoms with Gasteiger partial charge in [-0.2, -0.15) is 0 Å². The molecule has 9 heteroatoms. The summed E-state index contributed by atoms with van der Waals surface area (Å²) in [7, 11) is -1.07. The Morgan fingerprint density at radius 2 is 1.61 bits per heavy atom. The number of nitrogens with one attached hydrogen (secondary N) is 1. The summed E-state index contributed by atoms with van der Waals surface area (Å²) >= 11 is 0. The fraction of sp³-hybridized carbons (Fsp3) is 0.310. The average Bonchev–Trinajstić information content (AvgIpc) is 2.91. The van der Waals surface area contributed by atoms with Crippen molar-refractivity contribution in [2.24, 2.45) is 0 Å². The fourth-order valence-corrected chi connectivity index (χ4v) is 5.62. The molecule has 3 aromatic carbocycles. The van der Waals surface area contributed by atoms with Crippen molar-refractivity contribution >= 4 is 27.5 Å². The first kappa shape index (κ1) is 28.7. The Hall–Kier alpha value is -3.85. The number of methoxy groups -OCH3 is 1. The number of hydrogen-bond acceptors (Lipinski definition) is 5. The SMILES string of the molecule is CC[C@H](C(=O)NC)N(Cc1cccc(C)c1)C(=O)CN(c1ccc(OC)cc1)S(=O)(=O)c1ccc(C)cc1. The van der Waals surface area contributed by atoms with E-state index in [2.05, 4.69) is 5.32 Å². The van der Waals surface area contributed by atoms with Crippen LogP contribution in [0.2, 0.25) is 0 Å². The number of nitrogens with zero attached hydrogens (tertiary/aromatic N) is 2. The summed E-state index contributed by atoms with van der Waals surface area (Å²) in [6.07, 6.45) is 0.366. The summed E-state index contributed by atoms with van der Waals surface area (Å²) in [5, 5.41) is 2.63. The molecule has 0 fully saturated rings. The summed E-state index contributed by atoms with van der Waals surface area (Å²) in [4.78, 5) is 28.2. The van der Waals surface area contributed by atoms with Gasteiger partial charge in [0.2, 0.25) is 11.8 Å². The van der Waals surface area contributed by atoms with Gasteiger partial charge in [-0.25, -0.2) is 8.42 Å². The van der Waals surface area contributed by atoms with E-state index >= 15 is 0 Å². The van der Waals surface area contributed by atoms with Crippen LogP contribution >= 0.6 is 0 Å². The van der Waals surface area contributed by atoms with Gasteiger partial charge in [0.05, 0.1) is 17.7 Å². The minimum Gasteiger partial charge on any atom is -0.497 e. The van der Waals surface area contributed by atoms with Crippen molar-refractivity contribution in [3.63, 3.8) is 0 Å². The molecule has 8 nitrogen and oxygen atoms in total. The van der Waals surface area contributed by atoms with Crippen molar-refractivity contribution in [2.75, 3.05) is 25.0 Å². The molecule has 0 saturated heterocycles. The molecule has 0 aliphatic heterocycles. The third kappa shape index (κ3) is 6.72. The summed E-state index contributed by atoms with van der Waals surface area (Å²) in [5.74, 6) is -0.251. The second-order valence-corrected chi connectivity index (χ2v) is 10.9. The first-order valence-corrected chi connectivity index (χ1v) is 13.8. The van der Waals surface area contributed by atoms with E-state index in [1.54, 1.807) is 36.4 Å². The van der Waals surface area contributed by atoms with Crippen molar-refractivity contribution in [1.82, 2.24) is 10.2 Å². The van der Waals surface area contributed by atoms with Gasteiger partial charge in [0.15, 0.2) is 0 Å². The summed E-state index contributed by atoms with van der Waals surface area (Å²) in [5.41, 5.74) is 3.09. The third-order valence-electron chi connectivity index (χ3n) is 6.32. The largest absolute Gasteiger partial charge is 0.497 e. The van der Waals surface area contributed by atoms with E-state index < -0.39 is 28.5 Å². The third-order valence-corrected chi connectivity index (χ3v) is 8.10. The number of carbonyl (C=O) groups excluding carboxylic acids is 2. The number of ether oxygens (including phenoxy) is 1. The highest BCUT2D eigenvalue weighted by Gasteiger charge is 2.33. The van der Waals surface area contributed by atoms with Crippen LogP contribution in [0.25, 0.3) is 0 Å². The molecule has 0 heterocycles. The highest BCUT2D eigenvalue weighted by molar-refractivity contribution is 7.92. The molecule has 38 heavy (non-hydrogen) atoms. The fourth-order valence-electron chi connectivity index (χ4n) is 4.21. The van der Waals surface area contributed by atoms with E-state index in [9.17, 15) is 18.0 Å². The Morgan fingerprint density at radius 3 is 2.16 bits per heavy atom. The van der Waals surface area contributed by atoms with E-state index in [1.807, 2.05) is 45.0 Å². The molecular formula is C29H35N3O5S. The van der Waals surface area contributed by atoms with Crippen molar-refractivity contribution in [2.45, 2.75) is 44.7 Å². The minimum atomic E-state index is -4.11. The zero-order valence-corrected chi connectivity index (χ0v) is 23.3. The highest BCUT2D eigenvalue weighted by Crippen LogP contribution is 2.27. The Bertz CT molecular complexity index is 1360. The van der Waals surface area contributed by atoms with Gasteiger partial charge in [0.25, 0.3) is 10.0 Å². The van der Waals surface area contributed by atoms with Crippen molar-refractivity contribution in [1.29, 1.82) is 0 Å². The molecular weight excluding hydrogens is 502 g/mol. The van der Waals surface area contributed by atoms with Crippen LogP contribution in [0.3, 0.4) is 0 Å². The predicted octanol–water partition coefficient (Wildman–Crippen LogP) is 4.06. The van der Waals surface area contributed by atoms with E-state index in [-0.39, 0.29) is 17.3 Å². The van der Waals surface area contributed by atoms with Gasteiger partial charge in [0, 0.05) is 13.6 Å². The lowest BCUT2D eigenvalue weighted by atomic mass is 10.1. The summed E-state index contributed by atoms with van der Waals surface area (Å²) < 4.78 is 34.0. The molecule has 1 atom stereocenters. The van der Waals surface area contributed by atoms with Crippen molar-refractivity contribution in [3.05, 3.63) is 89.5 Å². The standard InChI is InChI=1S/C29H35N3O5S/c1-6-27(29(34)30-4)31(19-23-9-7-8-22(3)18-23)28(33)20-32(24-12-14-25(37-5)15-13-24)38(35,36)26-16-10-21(2)11-17-26/h7-18,27H,6,19-20H2,1-5H3,(H,30,34)/t27-/m1/s1. The smallest absolute Gasteiger partial charge is 0.264 e. The van der Waals surface area contributed by atoms with E-state index in [4.69, 9.17) is 4.74 Å². The van der Waals surface area contributed by atoms with Crippen LogP contribution in [0.4, 0.5) is 5.69 Å². The summed E-state index contributed by atoms with van der Waals surface area (Å²) in [6.45, 7) is 5.31. The molecule has 0 aliphatic carbocycles. The first-order chi connectivity index (χ1) is 18.1. The zero-order valence-electron chi connectivity index (χ0n) is 22.5. The van der Waals surface area contributed by atoms with Crippen LogP contribution in [-0.2, 0) is 26.2 Å². The number of likely N-dealkylation sites (N-methyl/N-ethyl adjacent to an activating group) is 1. The van der Waals surface area contributed by atoms with E-state index in [0.29, 0.717) is 17.9 Å². The van der Waals surface area contributed by atoms with Gasteiger partial charge in [0.1, 0.15) is 18.3 Å². The molecule has 0 aromatic heterocycles. The van der Waals surface area contributed by atoms with Crippen LogP contribution in [-0.4, -0.2) is 51.9 Å². The number of anilines is 1. The van der Waals surface area contributed by atoms with Gasteiger partial charge >= 0.3 is 0 Å². The van der Waals surface area contributed by atoms with E-state index in [0.717, 1.165) is 21.0 Å². The monoisotopic (exact) mass is 537 g/mol. The highest BCUT2D eigenvalue weighted by atomic mass is 32.2. The minimum absolute atomic E-state index is 0.0651. The lowest BCUT2D eigenvalue weighted by Gasteiger charge is -2.33. The van der Waals surface area contributed by atoms with Gasteiger partial charge in [-0.15, -0.1) is 0 Å². The number of hydrogen-bond donors (Lipinski definition) is 1. The van der Waals surface area contributed by atoms with Crippen LogP contribution in [0, 0.1) is 13.8 Å². The van der Waals surface area contributed by atoms with Gasteiger partial charge in [-0.3, -0.25) is 13.9 Å². The number of benzene rings is 3. The molecule has 202 valence electrons. The van der Waals surface area contributed by atoms with Crippen LogP contribution < -0.4 is 14.4 Å². The first-order valence-electron chi connectivity index (χ1n) is 12.4. The number of sulfonamides is 1. The second kappa shape index (κ2) is 12.6. The molecule has 2 amide bonds. The lowest BCUT2D eigenvalue weighted by Crippen LogP contribution is -2.51. The summed E-state index contributed by atoms with van der Waals surface area (Å²) in [6, 6.07) is 19.8. The molecule has 0 spiro atoms. The Kier molecular flexibility index (Phi) is 9.52. The maximum Gasteiger partial charge on any atom is 0.264 e. The molecule has 0 saturated carbocycles. The number of amides is 2. The molecule has 0 bridgehead atoms. The number of carbonyl (C=O) groups is 2. The quantitative estimate of drug-likeness (QED) is 0.398. The molecule has 0 aliphatic rings. The lowest BCUT2D eigenvalue weighted by molar-refractivity contribution is -0.140. The van der Waals surface area contributed by atoms with Gasteiger partial charge in [-0.05, 0) is 62.2 Å². The average molecular weight is 538 g/mol. The molecule has 0 unspecified atom stereocenters.